The molecule has 1 aromatic carbocycles. The molecule has 0 unspecified atom stereocenters. The Bertz CT molecular complexity index is 1640. The summed E-state index contributed by atoms with van der Waals surface area (Å²) in [7, 11) is -3.67. The number of nitrogen functional groups attached to an aromatic ring is 1. The van der Waals surface area contributed by atoms with Gasteiger partial charge >= 0.3 is 0 Å². The van der Waals surface area contributed by atoms with Gasteiger partial charge in [-0.25, -0.2) is 17.9 Å². The molecule has 13 heteroatoms. The van der Waals surface area contributed by atoms with Gasteiger partial charge in [0.1, 0.15) is 5.56 Å². The van der Waals surface area contributed by atoms with Gasteiger partial charge in [0, 0.05) is 29.9 Å². The van der Waals surface area contributed by atoms with Gasteiger partial charge in [0.2, 0.25) is 10.0 Å². The second-order valence-corrected chi connectivity index (χ2v) is 13.1. The Hall–Kier alpha value is -3.71. The largest absolute Gasteiger partial charge is 0.393 e. The average molecular weight is 554 g/mol. The van der Waals surface area contributed by atoms with Gasteiger partial charge < -0.3 is 21.1 Å². The first kappa shape index (κ1) is 25.6. The lowest BCUT2D eigenvalue weighted by Gasteiger charge is -2.43. The van der Waals surface area contributed by atoms with Crippen LogP contribution in [-0.4, -0.2) is 68.8 Å². The van der Waals surface area contributed by atoms with Gasteiger partial charge in [0.15, 0.2) is 11.5 Å². The Morgan fingerprint density at radius 1 is 1.28 bits per heavy atom. The first-order chi connectivity index (χ1) is 18.3. The minimum atomic E-state index is -3.67. The summed E-state index contributed by atoms with van der Waals surface area (Å²) in [6.07, 6.45) is 5.26. The second kappa shape index (κ2) is 8.65. The molecule has 0 bridgehead atoms. The molecule has 3 heterocycles. The number of aliphatic hydroxyl groups excluding tert-OH is 1. The van der Waals surface area contributed by atoms with Crippen LogP contribution in [0.2, 0.25) is 0 Å². The Labute approximate surface area is 225 Å². The zero-order chi connectivity index (χ0) is 27.9. The highest BCUT2D eigenvalue weighted by Crippen LogP contribution is 2.41. The standard InChI is InChI=1S/C26H31N7O5S/c1-13(14-4-5-14)32-12-16-8-15(9-19(20(16)25(32)36)31-39(3,37)38)18-6-7-33-23(28-18)21(22(27)30-33)24(35)29-26(2)10-17(34)11-26/h6-9,13-14,17,31,34H,4-5,10-12H2,1-3H3,(H2,27,30)(H,29,35)/t13-,17-,26-/m0/s1. The molecule has 0 radical (unpaired) electrons. The summed E-state index contributed by atoms with van der Waals surface area (Å²) in [6.45, 7) is 4.26. The normalized spacial score (nSPS) is 23.4. The predicted molar refractivity (Wildman–Crippen MR) is 144 cm³/mol. The molecule has 3 aliphatic rings. The molecule has 3 aromatic rings. The Kier molecular flexibility index (Phi) is 5.67. The maximum absolute atomic E-state index is 13.4. The van der Waals surface area contributed by atoms with Crippen LogP contribution in [0.5, 0.6) is 0 Å². The van der Waals surface area contributed by atoms with Crippen LogP contribution in [-0.2, 0) is 16.6 Å². The van der Waals surface area contributed by atoms with Crippen LogP contribution in [0.4, 0.5) is 11.5 Å². The molecule has 2 saturated carbocycles. The number of benzene rings is 1. The van der Waals surface area contributed by atoms with Crippen molar-refractivity contribution in [3.8, 4) is 11.3 Å². The number of nitrogens with zero attached hydrogens (tertiary/aromatic N) is 4. The third-order valence-corrected chi connectivity index (χ3v) is 8.54. The van der Waals surface area contributed by atoms with Crippen LogP contribution in [0.1, 0.15) is 65.8 Å². The summed E-state index contributed by atoms with van der Waals surface area (Å²) >= 11 is 0. The molecule has 12 nitrogen and oxygen atoms in total. The van der Waals surface area contributed by atoms with Crippen molar-refractivity contribution in [2.45, 2.75) is 63.8 Å². The van der Waals surface area contributed by atoms with Gasteiger partial charge in [0.25, 0.3) is 11.8 Å². The van der Waals surface area contributed by atoms with Gasteiger partial charge in [0.05, 0.1) is 29.3 Å². The number of nitrogens with one attached hydrogen (secondary N) is 2. The van der Waals surface area contributed by atoms with Crippen molar-refractivity contribution in [1.82, 2.24) is 24.8 Å². The zero-order valence-electron chi connectivity index (χ0n) is 21.9. The van der Waals surface area contributed by atoms with Crippen LogP contribution < -0.4 is 15.8 Å². The molecule has 2 fully saturated rings. The van der Waals surface area contributed by atoms with E-state index in [-0.39, 0.29) is 34.7 Å². The van der Waals surface area contributed by atoms with Crippen LogP contribution in [0, 0.1) is 5.92 Å². The molecule has 1 aliphatic heterocycles. The molecule has 206 valence electrons. The van der Waals surface area contributed by atoms with Gasteiger partial charge in [-0.2, -0.15) is 0 Å². The van der Waals surface area contributed by atoms with E-state index in [0.29, 0.717) is 47.7 Å². The van der Waals surface area contributed by atoms with E-state index in [4.69, 9.17) is 5.73 Å². The smallest absolute Gasteiger partial charge is 0.259 e. The number of aliphatic hydroxyl groups is 1. The Morgan fingerprint density at radius 2 is 2.00 bits per heavy atom. The lowest BCUT2D eigenvalue weighted by molar-refractivity contribution is 0.0128. The van der Waals surface area contributed by atoms with Crippen molar-refractivity contribution in [2.75, 3.05) is 16.7 Å². The lowest BCUT2D eigenvalue weighted by Crippen LogP contribution is -2.57. The number of carbonyl (C=O) groups excluding carboxylic acids is 2. The number of sulfonamides is 1. The predicted octanol–water partition coefficient (Wildman–Crippen LogP) is 1.75. The summed E-state index contributed by atoms with van der Waals surface area (Å²) in [5.41, 5.74) is 8.21. The molecule has 2 aliphatic carbocycles. The van der Waals surface area contributed by atoms with Gasteiger partial charge in [-0.15, -0.1) is 5.10 Å². The second-order valence-electron chi connectivity index (χ2n) is 11.4. The minimum absolute atomic E-state index is 0.0179. The average Bonchev–Trinajstić information content (AvgIpc) is 3.53. The third-order valence-electron chi connectivity index (χ3n) is 7.95. The number of aromatic nitrogens is 3. The van der Waals surface area contributed by atoms with Gasteiger partial charge in [-0.1, -0.05) is 0 Å². The number of hydrogen-bond acceptors (Lipinski definition) is 8. The topological polar surface area (TPSA) is 172 Å². The molecule has 2 amide bonds. The summed E-state index contributed by atoms with van der Waals surface area (Å²) in [4.78, 5) is 33.0. The monoisotopic (exact) mass is 553 g/mol. The van der Waals surface area contributed by atoms with E-state index in [0.717, 1.165) is 19.1 Å². The van der Waals surface area contributed by atoms with E-state index in [1.165, 1.54) is 4.52 Å². The van der Waals surface area contributed by atoms with E-state index in [1.807, 2.05) is 19.9 Å². The lowest BCUT2D eigenvalue weighted by atomic mass is 9.76. The fourth-order valence-electron chi connectivity index (χ4n) is 5.81. The van der Waals surface area contributed by atoms with Crippen molar-refractivity contribution < 1.29 is 23.1 Å². The highest BCUT2D eigenvalue weighted by atomic mass is 32.2. The van der Waals surface area contributed by atoms with E-state index in [2.05, 4.69) is 20.1 Å². The molecular formula is C26H31N7O5S. The van der Waals surface area contributed by atoms with Crippen molar-refractivity contribution >= 4 is 39.0 Å². The van der Waals surface area contributed by atoms with Crippen molar-refractivity contribution in [3.63, 3.8) is 0 Å². The van der Waals surface area contributed by atoms with Crippen LogP contribution in [0.15, 0.2) is 24.4 Å². The number of rotatable bonds is 7. The molecule has 0 saturated heterocycles. The molecule has 39 heavy (non-hydrogen) atoms. The summed E-state index contributed by atoms with van der Waals surface area (Å²) in [5, 5.41) is 16.8. The number of anilines is 2. The summed E-state index contributed by atoms with van der Waals surface area (Å²) < 4.78 is 28.4. The van der Waals surface area contributed by atoms with E-state index in [9.17, 15) is 23.1 Å². The first-order valence-corrected chi connectivity index (χ1v) is 14.8. The van der Waals surface area contributed by atoms with Crippen molar-refractivity contribution in [2.24, 2.45) is 5.92 Å². The maximum atomic E-state index is 13.4. The molecular weight excluding hydrogens is 522 g/mol. The molecule has 5 N–H and O–H groups in total. The molecule has 1 atom stereocenters. The van der Waals surface area contributed by atoms with Crippen molar-refractivity contribution in [3.05, 3.63) is 41.1 Å². The van der Waals surface area contributed by atoms with E-state index in [1.54, 1.807) is 23.2 Å². The minimum Gasteiger partial charge on any atom is -0.393 e. The van der Waals surface area contributed by atoms with Crippen LogP contribution >= 0.6 is 0 Å². The number of fused-ring (bicyclic) bond motifs is 2. The highest BCUT2D eigenvalue weighted by Gasteiger charge is 2.42. The van der Waals surface area contributed by atoms with Crippen LogP contribution in [0.3, 0.4) is 0 Å². The molecule has 2 aromatic heterocycles. The SMILES string of the molecule is C[C@@H](C1CC1)N1Cc2cc(-c3ccn4nc(N)c(C(=O)N[C@]5(C)C[C@@H](O)C5)c4n3)cc(NS(C)(=O)=O)c2C1=O. The first-order valence-electron chi connectivity index (χ1n) is 12.9. The number of nitrogens with two attached hydrogens (primary N) is 1. The van der Waals surface area contributed by atoms with E-state index < -0.39 is 27.6 Å². The molecule has 0 spiro atoms. The molecule has 6 rings (SSSR count). The highest BCUT2D eigenvalue weighted by molar-refractivity contribution is 7.92. The zero-order valence-corrected chi connectivity index (χ0v) is 22.7. The Balaban J connectivity index is 1.41. The fourth-order valence-corrected chi connectivity index (χ4v) is 6.37. The van der Waals surface area contributed by atoms with E-state index >= 15 is 0 Å². The summed E-state index contributed by atoms with van der Waals surface area (Å²) in [6, 6.07) is 5.19. The van der Waals surface area contributed by atoms with Gasteiger partial charge in [-0.05, 0) is 69.2 Å². The Morgan fingerprint density at radius 3 is 2.64 bits per heavy atom. The quantitative estimate of drug-likeness (QED) is 0.343. The third kappa shape index (κ3) is 4.59. The number of amides is 2. The van der Waals surface area contributed by atoms with Gasteiger partial charge in [-0.3, -0.25) is 14.3 Å². The number of hydrogen-bond donors (Lipinski definition) is 4. The number of carbonyl (C=O) groups is 2. The van der Waals surface area contributed by atoms with Crippen molar-refractivity contribution in [1.29, 1.82) is 0 Å². The maximum Gasteiger partial charge on any atom is 0.259 e. The van der Waals surface area contributed by atoms with Crippen LogP contribution in [0.25, 0.3) is 16.9 Å². The fraction of sp³-hybridized carbons (Fsp3) is 0.462. The summed E-state index contributed by atoms with van der Waals surface area (Å²) in [5.74, 6) is -0.155.